The largest absolute Gasteiger partial charge is 0.353 e. The van der Waals surface area contributed by atoms with Gasteiger partial charge in [-0.3, -0.25) is 9.89 Å². The molecule has 138 valence electrons. The molecule has 5 nitrogen and oxygen atoms in total. The molecular weight excluding hydrogens is 336 g/mol. The lowest BCUT2D eigenvalue weighted by Crippen LogP contribution is -2.35. The molecule has 1 saturated heterocycles. The van der Waals surface area contributed by atoms with E-state index >= 15 is 0 Å². The summed E-state index contributed by atoms with van der Waals surface area (Å²) in [6.45, 7) is 5.17. The van der Waals surface area contributed by atoms with E-state index in [0.29, 0.717) is 6.54 Å². The van der Waals surface area contributed by atoms with Gasteiger partial charge in [0.2, 0.25) is 0 Å². The number of hydrogen-bond acceptors (Lipinski definition) is 3. The van der Waals surface area contributed by atoms with Crippen LogP contribution in [0.1, 0.15) is 22.3 Å². The first kappa shape index (κ1) is 17.3. The molecule has 0 saturated carbocycles. The molecule has 2 aromatic carbocycles. The summed E-state index contributed by atoms with van der Waals surface area (Å²) >= 11 is 0. The molecule has 0 aliphatic carbocycles. The standard InChI is InChI=1S/C22H24N4O/c1-17-8-5-6-11-19(17)22(27)26-13-7-12-25(14-15-26)21-16-20(23-24-21)18-9-3-2-4-10-18/h2-6,8-11,16H,7,12-15H2,1H3,(H,23,24). The summed E-state index contributed by atoms with van der Waals surface area (Å²) in [6.07, 6.45) is 0.936. The quantitative estimate of drug-likeness (QED) is 0.774. The molecule has 1 fully saturated rings. The van der Waals surface area contributed by atoms with Crippen molar-refractivity contribution in [1.82, 2.24) is 15.1 Å². The van der Waals surface area contributed by atoms with Crippen LogP contribution in [0.25, 0.3) is 11.3 Å². The number of aromatic nitrogens is 2. The Labute approximate surface area is 159 Å². The molecule has 1 aromatic heterocycles. The lowest BCUT2D eigenvalue weighted by molar-refractivity contribution is 0.0766. The molecule has 0 spiro atoms. The Kier molecular flexibility index (Phi) is 4.92. The maximum atomic E-state index is 12.9. The molecule has 2 heterocycles. The summed E-state index contributed by atoms with van der Waals surface area (Å²) < 4.78 is 0. The van der Waals surface area contributed by atoms with Gasteiger partial charge < -0.3 is 9.80 Å². The number of aromatic amines is 1. The highest BCUT2D eigenvalue weighted by molar-refractivity contribution is 5.95. The number of anilines is 1. The molecule has 1 aliphatic rings. The van der Waals surface area contributed by atoms with Crippen LogP contribution in [0.4, 0.5) is 5.82 Å². The zero-order valence-electron chi connectivity index (χ0n) is 15.6. The zero-order valence-corrected chi connectivity index (χ0v) is 15.6. The van der Waals surface area contributed by atoms with Gasteiger partial charge in [0.25, 0.3) is 5.91 Å². The lowest BCUT2D eigenvalue weighted by atomic mass is 10.1. The third-order valence-corrected chi connectivity index (χ3v) is 5.13. The van der Waals surface area contributed by atoms with Gasteiger partial charge in [0.1, 0.15) is 0 Å². The molecule has 3 aromatic rings. The van der Waals surface area contributed by atoms with E-state index in [4.69, 9.17) is 0 Å². The van der Waals surface area contributed by atoms with Crippen molar-refractivity contribution in [3.05, 3.63) is 71.8 Å². The third-order valence-electron chi connectivity index (χ3n) is 5.13. The molecule has 0 radical (unpaired) electrons. The van der Waals surface area contributed by atoms with Crippen LogP contribution in [0.3, 0.4) is 0 Å². The Bertz CT molecular complexity index is 919. The fourth-order valence-electron chi connectivity index (χ4n) is 3.57. The number of nitrogens with zero attached hydrogens (tertiary/aromatic N) is 3. The number of aryl methyl sites for hydroxylation is 1. The van der Waals surface area contributed by atoms with Crippen molar-refractivity contribution in [3.8, 4) is 11.3 Å². The molecule has 1 amide bonds. The van der Waals surface area contributed by atoms with E-state index in [0.717, 1.165) is 54.3 Å². The minimum Gasteiger partial charge on any atom is -0.353 e. The van der Waals surface area contributed by atoms with Gasteiger partial charge in [-0.2, -0.15) is 5.10 Å². The second kappa shape index (κ2) is 7.66. The van der Waals surface area contributed by atoms with E-state index in [-0.39, 0.29) is 5.91 Å². The second-order valence-corrected chi connectivity index (χ2v) is 6.95. The van der Waals surface area contributed by atoms with Gasteiger partial charge >= 0.3 is 0 Å². The van der Waals surface area contributed by atoms with Gasteiger partial charge in [-0.15, -0.1) is 0 Å². The van der Waals surface area contributed by atoms with E-state index in [1.807, 2.05) is 54.3 Å². The van der Waals surface area contributed by atoms with Crippen LogP contribution < -0.4 is 4.90 Å². The fourth-order valence-corrected chi connectivity index (χ4v) is 3.57. The first-order valence-corrected chi connectivity index (χ1v) is 9.43. The van der Waals surface area contributed by atoms with Crippen LogP contribution in [-0.4, -0.2) is 47.2 Å². The number of carbonyl (C=O) groups excluding carboxylic acids is 1. The first-order valence-electron chi connectivity index (χ1n) is 9.43. The van der Waals surface area contributed by atoms with Crippen LogP contribution in [0.2, 0.25) is 0 Å². The summed E-state index contributed by atoms with van der Waals surface area (Å²) in [5, 5.41) is 7.63. The van der Waals surface area contributed by atoms with Crippen molar-refractivity contribution in [2.24, 2.45) is 0 Å². The number of nitrogens with one attached hydrogen (secondary N) is 1. The molecule has 5 heteroatoms. The highest BCUT2D eigenvalue weighted by Crippen LogP contribution is 2.23. The zero-order chi connectivity index (χ0) is 18.6. The first-order chi connectivity index (χ1) is 13.2. The van der Waals surface area contributed by atoms with Gasteiger partial charge in [0.15, 0.2) is 5.82 Å². The smallest absolute Gasteiger partial charge is 0.254 e. The predicted molar refractivity (Wildman–Crippen MR) is 108 cm³/mol. The molecule has 0 atom stereocenters. The Morgan fingerprint density at radius 3 is 2.56 bits per heavy atom. The predicted octanol–water partition coefficient (Wildman–Crippen LogP) is 3.74. The van der Waals surface area contributed by atoms with E-state index in [2.05, 4.69) is 33.3 Å². The highest BCUT2D eigenvalue weighted by atomic mass is 16.2. The van der Waals surface area contributed by atoms with E-state index in [1.54, 1.807) is 0 Å². The van der Waals surface area contributed by atoms with Gasteiger partial charge in [-0.25, -0.2) is 0 Å². The van der Waals surface area contributed by atoms with Crippen LogP contribution in [0.5, 0.6) is 0 Å². The lowest BCUT2D eigenvalue weighted by Gasteiger charge is -2.22. The fraction of sp³-hybridized carbons (Fsp3) is 0.273. The van der Waals surface area contributed by atoms with Crippen LogP contribution in [-0.2, 0) is 0 Å². The van der Waals surface area contributed by atoms with Crippen molar-refractivity contribution in [2.75, 3.05) is 31.1 Å². The number of benzene rings is 2. The van der Waals surface area contributed by atoms with Gasteiger partial charge in [-0.05, 0) is 30.5 Å². The van der Waals surface area contributed by atoms with Crippen molar-refractivity contribution in [3.63, 3.8) is 0 Å². The van der Waals surface area contributed by atoms with Crippen molar-refractivity contribution >= 4 is 11.7 Å². The molecule has 4 rings (SSSR count). The van der Waals surface area contributed by atoms with Gasteiger partial charge in [-0.1, -0.05) is 48.5 Å². The average Bonchev–Trinajstić information content (AvgIpc) is 3.07. The summed E-state index contributed by atoms with van der Waals surface area (Å²) in [7, 11) is 0. The average molecular weight is 360 g/mol. The minimum absolute atomic E-state index is 0.127. The summed E-state index contributed by atoms with van der Waals surface area (Å²) in [6, 6.07) is 20.1. The topological polar surface area (TPSA) is 52.2 Å². The number of amides is 1. The van der Waals surface area contributed by atoms with Gasteiger partial charge in [0, 0.05) is 37.8 Å². The number of hydrogen-bond donors (Lipinski definition) is 1. The van der Waals surface area contributed by atoms with Crippen molar-refractivity contribution < 1.29 is 4.79 Å². The van der Waals surface area contributed by atoms with Crippen LogP contribution in [0, 0.1) is 6.92 Å². The molecule has 27 heavy (non-hydrogen) atoms. The Hall–Kier alpha value is -3.08. The Morgan fingerprint density at radius 1 is 0.963 bits per heavy atom. The normalized spacial score (nSPS) is 14.9. The molecule has 1 aliphatic heterocycles. The molecule has 0 bridgehead atoms. The van der Waals surface area contributed by atoms with E-state index in [1.165, 1.54) is 0 Å². The SMILES string of the molecule is Cc1ccccc1C(=O)N1CCCN(c2cc(-c3ccccc3)[nH]n2)CC1. The summed E-state index contributed by atoms with van der Waals surface area (Å²) in [4.78, 5) is 17.1. The number of rotatable bonds is 3. The summed E-state index contributed by atoms with van der Waals surface area (Å²) in [5.74, 6) is 1.07. The maximum absolute atomic E-state index is 12.9. The maximum Gasteiger partial charge on any atom is 0.254 e. The van der Waals surface area contributed by atoms with Crippen molar-refractivity contribution in [2.45, 2.75) is 13.3 Å². The Morgan fingerprint density at radius 2 is 1.74 bits per heavy atom. The molecule has 1 N–H and O–H groups in total. The minimum atomic E-state index is 0.127. The third kappa shape index (κ3) is 3.72. The van der Waals surface area contributed by atoms with E-state index < -0.39 is 0 Å². The van der Waals surface area contributed by atoms with Crippen molar-refractivity contribution in [1.29, 1.82) is 0 Å². The molecular formula is C22H24N4O. The number of H-pyrrole nitrogens is 1. The second-order valence-electron chi connectivity index (χ2n) is 6.95. The molecule has 0 unspecified atom stereocenters. The monoisotopic (exact) mass is 360 g/mol. The van der Waals surface area contributed by atoms with Crippen LogP contribution in [0.15, 0.2) is 60.7 Å². The van der Waals surface area contributed by atoms with E-state index in [9.17, 15) is 4.79 Å². The highest BCUT2D eigenvalue weighted by Gasteiger charge is 2.22. The van der Waals surface area contributed by atoms with Gasteiger partial charge in [0.05, 0.1) is 5.69 Å². The number of carbonyl (C=O) groups is 1. The Balaban J connectivity index is 1.45. The summed E-state index contributed by atoms with van der Waals surface area (Å²) in [5.41, 5.74) is 3.98. The van der Waals surface area contributed by atoms with Crippen LogP contribution >= 0.6 is 0 Å².